The lowest BCUT2D eigenvalue weighted by Crippen LogP contribution is -2.36. The van der Waals surface area contributed by atoms with E-state index in [1.807, 2.05) is 0 Å². The van der Waals surface area contributed by atoms with Crippen molar-refractivity contribution in [2.45, 2.75) is 32.9 Å². The number of morpholine rings is 1. The van der Waals surface area contributed by atoms with E-state index in [2.05, 4.69) is 4.90 Å². The topological polar surface area (TPSA) is 85.1 Å². The van der Waals surface area contributed by atoms with Gasteiger partial charge in [0.1, 0.15) is 10.6 Å². The van der Waals surface area contributed by atoms with Gasteiger partial charge >= 0.3 is 5.97 Å². The van der Waals surface area contributed by atoms with E-state index in [0.717, 1.165) is 24.4 Å². The van der Waals surface area contributed by atoms with Crippen molar-refractivity contribution in [2.75, 3.05) is 46.1 Å². The van der Waals surface area contributed by atoms with E-state index in [9.17, 15) is 9.59 Å². The van der Waals surface area contributed by atoms with Crippen LogP contribution in [0.2, 0.25) is 0 Å². The maximum atomic E-state index is 12.7. The highest BCUT2D eigenvalue weighted by Crippen LogP contribution is 2.34. The number of nitrogens with two attached hydrogens (primary N) is 1. The average Bonchev–Trinajstić information content (AvgIpc) is 2.82. The van der Waals surface area contributed by atoms with Gasteiger partial charge in [0.2, 0.25) is 0 Å². The molecule has 1 aromatic rings. The van der Waals surface area contributed by atoms with Gasteiger partial charge in [0, 0.05) is 39.3 Å². The highest BCUT2D eigenvalue weighted by molar-refractivity contribution is 7.18. The van der Waals surface area contributed by atoms with E-state index in [0.29, 0.717) is 40.8 Å². The third-order valence-electron chi connectivity index (χ3n) is 3.72. The van der Waals surface area contributed by atoms with Crippen LogP contribution in [-0.4, -0.2) is 67.7 Å². The molecule has 8 heteroatoms. The van der Waals surface area contributed by atoms with Crippen molar-refractivity contribution >= 4 is 28.2 Å². The normalized spacial score (nSPS) is 15.9. The Bertz CT molecular complexity index is 643. The van der Waals surface area contributed by atoms with E-state index in [1.165, 1.54) is 4.90 Å². The summed E-state index contributed by atoms with van der Waals surface area (Å²) in [5, 5.41) is 0.322. The van der Waals surface area contributed by atoms with Gasteiger partial charge in [-0.15, -0.1) is 11.3 Å². The molecule has 0 bridgehead atoms. The monoisotopic (exact) mass is 369 g/mol. The predicted molar refractivity (Wildman–Crippen MR) is 98.0 cm³/mol. The molecule has 2 heterocycles. The lowest BCUT2D eigenvalue weighted by Gasteiger charge is -2.27. The lowest BCUT2D eigenvalue weighted by atomic mass is 10.1. The molecule has 1 aliphatic rings. The Morgan fingerprint density at radius 3 is 2.40 bits per heavy atom. The Labute approximate surface area is 152 Å². The van der Waals surface area contributed by atoms with Crippen LogP contribution in [0.15, 0.2) is 0 Å². The Hall–Kier alpha value is -1.64. The molecule has 140 valence electrons. The van der Waals surface area contributed by atoms with E-state index >= 15 is 0 Å². The number of ether oxygens (including phenoxy) is 2. The molecule has 1 aromatic heterocycles. The van der Waals surface area contributed by atoms with Crippen molar-refractivity contribution < 1.29 is 19.1 Å². The molecular formula is C17H27N3O4S. The molecule has 0 aliphatic carbocycles. The molecule has 7 nitrogen and oxygen atoms in total. The van der Waals surface area contributed by atoms with Crippen LogP contribution in [0.25, 0.3) is 0 Å². The molecule has 1 amide bonds. The summed E-state index contributed by atoms with van der Waals surface area (Å²) in [6.45, 7) is 8.67. The van der Waals surface area contributed by atoms with Crippen molar-refractivity contribution in [3.63, 3.8) is 0 Å². The molecular weight excluding hydrogens is 342 g/mol. The number of esters is 1. The van der Waals surface area contributed by atoms with Crippen molar-refractivity contribution in [1.82, 2.24) is 9.80 Å². The molecule has 0 radical (unpaired) electrons. The molecule has 2 rings (SSSR count). The number of thiophene rings is 1. The van der Waals surface area contributed by atoms with Gasteiger partial charge in [-0.05, 0) is 20.8 Å². The molecule has 25 heavy (non-hydrogen) atoms. The van der Waals surface area contributed by atoms with Crippen LogP contribution in [0.4, 0.5) is 5.00 Å². The van der Waals surface area contributed by atoms with Crippen molar-refractivity contribution in [2.24, 2.45) is 0 Å². The van der Waals surface area contributed by atoms with Crippen molar-refractivity contribution in [1.29, 1.82) is 0 Å². The molecule has 0 unspecified atom stereocenters. The van der Waals surface area contributed by atoms with Crippen LogP contribution < -0.4 is 5.73 Å². The van der Waals surface area contributed by atoms with Crippen LogP contribution in [-0.2, 0) is 16.0 Å². The van der Waals surface area contributed by atoms with Gasteiger partial charge in [0.05, 0.1) is 23.7 Å². The van der Waals surface area contributed by atoms with Gasteiger partial charge in [-0.3, -0.25) is 9.69 Å². The zero-order chi connectivity index (χ0) is 18.8. The van der Waals surface area contributed by atoms with Gasteiger partial charge in [-0.2, -0.15) is 0 Å². The first-order valence-electron chi connectivity index (χ1n) is 8.26. The minimum absolute atomic E-state index is 0.158. The smallest absolute Gasteiger partial charge is 0.342 e. The summed E-state index contributed by atoms with van der Waals surface area (Å²) in [5.74, 6) is -0.642. The summed E-state index contributed by atoms with van der Waals surface area (Å²) in [7, 11) is 3.37. The largest absolute Gasteiger partial charge is 0.456 e. The molecule has 0 aromatic carbocycles. The summed E-state index contributed by atoms with van der Waals surface area (Å²) in [6.07, 6.45) is 0. The number of rotatable bonds is 4. The first-order valence-corrected chi connectivity index (χ1v) is 9.08. The van der Waals surface area contributed by atoms with Crippen LogP contribution >= 0.6 is 11.3 Å². The van der Waals surface area contributed by atoms with E-state index < -0.39 is 11.6 Å². The number of nitrogens with zero attached hydrogens (tertiary/aromatic N) is 2. The van der Waals surface area contributed by atoms with Crippen LogP contribution in [0.1, 0.15) is 46.4 Å². The third-order valence-corrected chi connectivity index (χ3v) is 4.77. The summed E-state index contributed by atoms with van der Waals surface area (Å²) in [5.41, 5.74) is 6.44. The Kier molecular flexibility index (Phi) is 6.08. The average molecular weight is 369 g/mol. The van der Waals surface area contributed by atoms with Gasteiger partial charge in [0.15, 0.2) is 0 Å². The number of hydrogen-bond donors (Lipinski definition) is 1. The summed E-state index contributed by atoms with van der Waals surface area (Å²) >= 11 is 1.15. The maximum Gasteiger partial charge on any atom is 0.342 e. The van der Waals surface area contributed by atoms with E-state index in [-0.39, 0.29) is 5.91 Å². The molecule has 2 N–H and O–H groups in total. The van der Waals surface area contributed by atoms with Crippen LogP contribution in [0.3, 0.4) is 0 Å². The minimum atomic E-state index is -0.632. The fourth-order valence-electron chi connectivity index (χ4n) is 2.55. The number of carbonyl (C=O) groups excluding carboxylic acids is 2. The molecule has 1 fully saturated rings. The zero-order valence-electron chi connectivity index (χ0n) is 15.5. The Morgan fingerprint density at radius 2 is 1.88 bits per heavy atom. The number of amides is 1. The predicted octanol–water partition coefficient (Wildman–Crippen LogP) is 1.82. The second-order valence-electron chi connectivity index (χ2n) is 7.24. The highest BCUT2D eigenvalue weighted by Gasteiger charge is 2.31. The molecule has 0 spiro atoms. The van der Waals surface area contributed by atoms with E-state index in [1.54, 1.807) is 34.9 Å². The molecule has 1 aliphatic heterocycles. The van der Waals surface area contributed by atoms with Gasteiger partial charge < -0.3 is 20.1 Å². The first-order chi connectivity index (χ1) is 11.6. The Morgan fingerprint density at radius 1 is 1.28 bits per heavy atom. The minimum Gasteiger partial charge on any atom is -0.456 e. The summed E-state index contributed by atoms with van der Waals surface area (Å²) < 4.78 is 10.9. The quantitative estimate of drug-likeness (QED) is 0.815. The molecule has 1 saturated heterocycles. The van der Waals surface area contributed by atoms with Gasteiger partial charge in [-0.1, -0.05) is 0 Å². The lowest BCUT2D eigenvalue weighted by molar-refractivity contribution is 0.00667. The van der Waals surface area contributed by atoms with Crippen LogP contribution in [0.5, 0.6) is 0 Å². The second-order valence-corrected chi connectivity index (χ2v) is 8.29. The third kappa shape index (κ3) is 4.93. The van der Waals surface area contributed by atoms with E-state index in [4.69, 9.17) is 15.2 Å². The van der Waals surface area contributed by atoms with Crippen molar-refractivity contribution in [3.05, 3.63) is 16.0 Å². The number of hydrogen-bond acceptors (Lipinski definition) is 7. The summed E-state index contributed by atoms with van der Waals surface area (Å²) in [6, 6.07) is 0. The number of carbonyl (C=O) groups is 2. The Balaban J connectivity index is 2.42. The SMILES string of the molecule is CN(C)C(=O)c1sc(N)c(C(=O)OC(C)(C)C)c1CN1CCOCC1. The maximum absolute atomic E-state index is 12.7. The fraction of sp³-hybridized carbons (Fsp3) is 0.647. The first kappa shape index (κ1) is 19.7. The van der Waals surface area contributed by atoms with Crippen molar-refractivity contribution in [3.8, 4) is 0 Å². The number of nitrogen functional groups attached to an aromatic ring is 1. The summed E-state index contributed by atoms with van der Waals surface area (Å²) in [4.78, 5) is 29.4. The molecule has 0 atom stereocenters. The standard InChI is InChI=1S/C17H27N3O4S/c1-17(2,3)24-16(22)12-11(10-20-6-8-23-9-7-20)13(25-14(12)18)15(21)19(4)5/h6-10,18H2,1-5H3. The van der Waals surface area contributed by atoms with Gasteiger partial charge in [-0.25, -0.2) is 4.79 Å². The zero-order valence-corrected chi connectivity index (χ0v) is 16.4. The number of anilines is 1. The van der Waals surface area contributed by atoms with Crippen LogP contribution in [0, 0.1) is 0 Å². The fourth-order valence-corrected chi connectivity index (χ4v) is 3.64. The highest BCUT2D eigenvalue weighted by atomic mass is 32.1. The second kappa shape index (κ2) is 7.72. The van der Waals surface area contributed by atoms with Gasteiger partial charge in [0.25, 0.3) is 5.91 Å². The molecule has 0 saturated carbocycles.